The van der Waals surface area contributed by atoms with Crippen molar-refractivity contribution in [3.63, 3.8) is 0 Å². The number of nitrogens with zero attached hydrogens (tertiary/aromatic N) is 2. The number of hydrogen-bond acceptors (Lipinski definition) is 3. The maximum absolute atomic E-state index is 11.4. The van der Waals surface area contributed by atoms with Gasteiger partial charge in [0.05, 0.1) is 24.3 Å². The number of carbonyl (C=O) groups excluding carboxylic acids is 2. The number of aromatic nitrogens is 2. The van der Waals surface area contributed by atoms with Gasteiger partial charge in [-0.15, -0.1) is 0 Å². The second-order valence-corrected chi connectivity index (χ2v) is 4.59. The minimum Gasteiger partial charge on any atom is -0.348 e. The fraction of sp³-hybridized carbons (Fsp3) is 0.214. The van der Waals surface area contributed by atoms with E-state index in [2.05, 4.69) is 10.4 Å². The third kappa shape index (κ3) is 2.40. The van der Waals surface area contributed by atoms with Crippen LogP contribution in [-0.4, -0.2) is 21.5 Å². The SMILES string of the molecule is O=C1CC(=O)N[C@H](c2cnn(-c3ccccc3)c2)C1. The van der Waals surface area contributed by atoms with E-state index in [0.29, 0.717) is 6.42 Å². The number of benzene rings is 1. The monoisotopic (exact) mass is 255 g/mol. The highest BCUT2D eigenvalue weighted by atomic mass is 16.2. The van der Waals surface area contributed by atoms with Crippen LogP contribution in [0.5, 0.6) is 0 Å². The van der Waals surface area contributed by atoms with Crippen molar-refractivity contribution < 1.29 is 9.59 Å². The largest absolute Gasteiger partial charge is 0.348 e. The number of ketones is 1. The summed E-state index contributed by atoms with van der Waals surface area (Å²) in [6.45, 7) is 0. The van der Waals surface area contributed by atoms with Gasteiger partial charge in [-0.1, -0.05) is 18.2 Å². The summed E-state index contributed by atoms with van der Waals surface area (Å²) in [4.78, 5) is 22.8. The Morgan fingerprint density at radius 2 is 2.00 bits per heavy atom. The van der Waals surface area contributed by atoms with Crippen LogP contribution in [0.4, 0.5) is 0 Å². The lowest BCUT2D eigenvalue weighted by Gasteiger charge is -2.21. The minimum atomic E-state index is -0.258. The zero-order valence-corrected chi connectivity index (χ0v) is 10.2. The molecule has 1 atom stereocenters. The fourth-order valence-electron chi connectivity index (χ4n) is 2.22. The molecule has 2 heterocycles. The summed E-state index contributed by atoms with van der Waals surface area (Å²) in [7, 11) is 0. The molecule has 5 nitrogen and oxygen atoms in total. The van der Waals surface area contributed by atoms with Crippen molar-refractivity contribution in [2.24, 2.45) is 0 Å². The van der Waals surface area contributed by atoms with Gasteiger partial charge in [0.15, 0.2) is 0 Å². The van der Waals surface area contributed by atoms with E-state index in [-0.39, 0.29) is 24.2 Å². The number of para-hydroxylation sites is 1. The Morgan fingerprint density at radius 1 is 1.21 bits per heavy atom. The molecule has 1 fully saturated rings. The Morgan fingerprint density at radius 3 is 2.74 bits per heavy atom. The first-order valence-electron chi connectivity index (χ1n) is 6.13. The topological polar surface area (TPSA) is 64.0 Å². The van der Waals surface area contributed by atoms with Gasteiger partial charge in [-0.05, 0) is 12.1 Å². The summed E-state index contributed by atoms with van der Waals surface area (Å²) in [5, 5.41) is 7.08. The summed E-state index contributed by atoms with van der Waals surface area (Å²) in [6, 6.07) is 9.44. The van der Waals surface area contributed by atoms with Crippen molar-refractivity contribution >= 4 is 11.7 Å². The number of carbonyl (C=O) groups is 2. The van der Waals surface area contributed by atoms with Crippen molar-refractivity contribution in [2.45, 2.75) is 18.9 Å². The van der Waals surface area contributed by atoms with Crippen molar-refractivity contribution in [3.05, 3.63) is 48.3 Å². The van der Waals surface area contributed by atoms with E-state index < -0.39 is 0 Å². The van der Waals surface area contributed by atoms with Crippen LogP contribution < -0.4 is 5.32 Å². The van der Waals surface area contributed by atoms with E-state index in [1.54, 1.807) is 10.9 Å². The summed E-state index contributed by atoms with van der Waals surface area (Å²) < 4.78 is 1.74. The maximum Gasteiger partial charge on any atom is 0.227 e. The normalized spacial score (nSPS) is 19.3. The molecular formula is C14H13N3O2. The molecule has 19 heavy (non-hydrogen) atoms. The lowest BCUT2D eigenvalue weighted by atomic mass is 9.99. The van der Waals surface area contributed by atoms with Crippen molar-refractivity contribution in [3.8, 4) is 5.69 Å². The average Bonchev–Trinajstić information content (AvgIpc) is 2.88. The van der Waals surface area contributed by atoms with Crippen LogP contribution in [0.3, 0.4) is 0 Å². The third-order valence-corrected chi connectivity index (χ3v) is 3.15. The first-order chi connectivity index (χ1) is 9.22. The lowest BCUT2D eigenvalue weighted by molar-refractivity contribution is -0.132. The average molecular weight is 255 g/mol. The fourth-order valence-corrected chi connectivity index (χ4v) is 2.22. The molecule has 0 spiro atoms. The summed E-state index contributed by atoms with van der Waals surface area (Å²) in [6.07, 6.45) is 3.87. The molecule has 3 rings (SSSR count). The van der Waals surface area contributed by atoms with Crippen LogP contribution >= 0.6 is 0 Å². The third-order valence-electron chi connectivity index (χ3n) is 3.15. The molecule has 0 aliphatic carbocycles. The molecule has 1 N–H and O–H groups in total. The number of rotatable bonds is 2. The molecule has 96 valence electrons. The molecule has 0 unspecified atom stereocenters. The van der Waals surface area contributed by atoms with Gasteiger partial charge in [0.25, 0.3) is 0 Å². The molecule has 0 radical (unpaired) electrons. The predicted molar refractivity (Wildman–Crippen MR) is 68.7 cm³/mol. The Hall–Kier alpha value is -2.43. The van der Waals surface area contributed by atoms with Gasteiger partial charge in [0.1, 0.15) is 5.78 Å². The van der Waals surface area contributed by atoms with Crippen LogP contribution in [0.25, 0.3) is 5.69 Å². The molecule has 1 aromatic carbocycles. The zero-order valence-electron chi connectivity index (χ0n) is 10.2. The molecule has 0 saturated carbocycles. The van der Waals surface area contributed by atoms with E-state index in [1.165, 1.54) is 0 Å². The molecule has 1 aliphatic heterocycles. The lowest BCUT2D eigenvalue weighted by Crippen LogP contribution is -2.36. The Balaban J connectivity index is 1.85. The van der Waals surface area contributed by atoms with E-state index >= 15 is 0 Å². The van der Waals surface area contributed by atoms with Gasteiger partial charge in [-0.25, -0.2) is 4.68 Å². The number of nitrogens with one attached hydrogen (secondary N) is 1. The number of amides is 1. The number of Topliss-reactive ketones (excluding diaryl/α,β-unsaturated/α-hetero) is 1. The standard InChI is InChI=1S/C14H13N3O2/c18-12-6-13(16-14(19)7-12)10-8-15-17(9-10)11-4-2-1-3-5-11/h1-5,8-9,13H,6-7H2,(H,16,19)/t13-/m0/s1. The minimum absolute atomic E-state index is 0.0106. The van der Waals surface area contributed by atoms with E-state index in [1.807, 2.05) is 36.5 Å². The zero-order chi connectivity index (χ0) is 13.2. The van der Waals surface area contributed by atoms with Gasteiger partial charge in [-0.2, -0.15) is 5.10 Å². The predicted octanol–water partition coefficient (Wildman–Crippen LogP) is 1.39. The maximum atomic E-state index is 11.4. The van der Waals surface area contributed by atoms with Crippen LogP contribution in [0, 0.1) is 0 Å². The highest BCUT2D eigenvalue weighted by Crippen LogP contribution is 2.21. The first kappa shape index (κ1) is 11.6. The quantitative estimate of drug-likeness (QED) is 0.825. The van der Waals surface area contributed by atoms with Gasteiger partial charge in [0, 0.05) is 18.2 Å². The smallest absolute Gasteiger partial charge is 0.227 e. The highest BCUT2D eigenvalue weighted by Gasteiger charge is 2.26. The van der Waals surface area contributed by atoms with Crippen LogP contribution in [0.15, 0.2) is 42.7 Å². The van der Waals surface area contributed by atoms with E-state index in [4.69, 9.17) is 0 Å². The second-order valence-electron chi connectivity index (χ2n) is 4.59. The second kappa shape index (κ2) is 4.68. The van der Waals surface area contributed by atoms with Crippen molar-refractivity contribution in [1.29, 1.82) is 0 Å². The van der Waals surface area contributed by atoms with Crippen molar-refractivity contribution in [1.82, 2.24) is 15.1 Å². The summed E-state index contributed by atoms with van der Waals surface area (Å²) in [5.74, 6) is -0.241. The van der Waals surface area contributed by atoms with Gasteiger partial charge < -0.3 is 5.32 Å². The van der Waals surface area contributed by atoms with E-state index in [9.17, 15) is 9.59 Å². The van der Waals surface area contributed by atoms with Crippen LogP contribution in [-0.2, 0) is 9.59 Å². The van der Waals surface area contributed by atoms with Gasteiger partial charge >= 0.3 is 0 Å². The van der Waals surface area contributed by atoms with Gasteiger partial charge in [-0.3, -0.25) is 9.59 Å². The van der Waals surface area contributed by atoms with Crippen LogP contribution in [0.1, 0.15) is 24.4 Å². The molecular weight excluding hydrogens is 242 g/mol. The molecule has 1 aliphatic rings. The first-order valence-corrected chi connectivity index (χ1v) is 6.13. The Kier molecular flexibility index (Phi) is 2.87. The van der Waals surface area contributed by atoms with Gasteiger partial charge in [0.2, 0.25) is 5.91 Å². The molecule has 0 bridgehead atoms. The number of piperidine rings is 1. The summed E-state index contributed by atoms with van der Waals surface area (Å²) in [5.41, 5.74) is 1.80. The van der Waals surface area contributed by atoms with Crippen molar-refractivity contribution in [2.75, 3.05) is 0 Å². The molecule has 1 amide bonds. The molecule has 2 aromatic rings. The Bertz CT molecular complexity index is 603. The van der Waals surface area contributed by atoms with Crippen LogP contribution in [0.2, 0.25) is 0 Å². The molecule has 1 aromatic heterocycles. The summed E-state index contributed by atoms with van der Waals surface area (Å²) >= 11 is 0. The Labute approximate surface area is 110 Å². The number of hydrogen-bond donors (Lipinski definition) is 1. The van der Waals surface area contributed by atoms with E-state index in [0.717, 1.165) is 11.3 Å². The highest BCUT2D eigenvalue weighted by molar-refractivity contribution is 6.00. The molecule has 5 heteroatoms. The molecule has 1 saturated heterocycles.